The highest BCUT2D eigenvalue weighted by atomic mass is 16.4. The number of hydrogen-bond acceptors (Lipinski definition) is 4. The molecule has 1 heterocycles. The molecule has 0 spiro atoms. The number of aromatic nitrogens is 1. The van der Waals surface area contributed by atoms with Crippen LogP contribution in [-0.2, 0) is 0 Å². The van der Waals surface area contributed by atoms with Gasteiger partial charge < -0.3 is 5.11 Å². The van der Waals surface area contributed by atoms with Gasteiger partial charge in [0.25, 0.3) is 0 Å². The second-order valence-electron chi connectivity index (χ2n) is 2.20. The molecule has 0 aliphatic rings. The Morgan fingerprint density at radius 1 is 1.38 bits per heavy atom. The van der Waals surface area contributed by atoms with Crippen LogP contribution in [0.3, 0.4) is 0 Å². The molecule has 1 rings (SSSR count). The summed E-state index contributed by atoms with van der Waals surface area (Å²) in [4.78, 5) is 34.9. The monoisotopic (exact) mass is 179 g/mol. The van der Waals surface area contributed by atoms with Gasteiger partial charge in [-0.1, -0.05) is 0 Å². The van der Waals surface area contributed by atoms with E-state index < -0.39 is 5.97 Å². The van der Waals surface area contributed by atoms with Gasteiger partial charge in [0.15, 0.2) is 12.6 Å². The van der Waals surface area contributed by atoms with Crippen molar-refractivity contribution in [2.24, 2.45) is 0 Å². The van der Waals surface area contributed by atoms with Crippen molar-refractivity contribution in [3.8, 4) is 0 Å². The number of rotatable bonds is 3. The Hall–Kier alpha value is -2.04. The molecule has 0 saturated heterocycles. The van der Waals surface area contributed by atoms with Crippen molar-refractivity contribution in [3.05, 3.63) is 29.1 Å². The first-order valence-electron chi connectivity index (χ1n) is 3.33. The van der Waals surface area contributed by atoms with Gasteiger partial charge in [0.2, 0.25) is 0 Å². The van der Waals surface area contributed by atoms with Gasteiger partial charge in [-0.25, -0.2) is 4.79 Å². The van der Waals surface area contributed by atoms with E-state index in [9.17, 15) is 14.4 Å². The maximum Gasteiger partial charge on any atom is 0.336 e. The van der Waals surface area contributed by atoms with Crippen LogP contribution in [0, 0.1) is 0 Å². The number of aromatic carboxylic acids is 1. The van der Waals surface area contributed by atoms with E-state index in [0.29, 0.717) is 12.6 Å². The molecule has 0 radical (unpaired) electrons. The number of carbonyl (C=O) groups is 3. The summed E-state index contributed by atoms with van der Waals surface area (Å²) in [5.74, 6) is -1.26. The van der Waals surface area contributed by atoms with E-state index in [-0.39, 0.29) is 16.8 Å². The number of pyridine rings is 1. The van der Waals surface area contributed by atoms with Crippen molar-refractivity contribution in [3.63, 3.8) is 0 Å². The molecule has 1 aromatic heterocycles. The quantitative estimate of drug-likeness (QED) is 0.679. The van der Waals surface area contributed by atoms with Crippen LogP contribution < -0.4 is 0 Å². The van der Waals surface area contributed by atoms with Gasteiger partial charge in [0.1, 0.15) is 5.69 Å². The molecule has 0 atom stereocenters. The summed E-state index contributed by atoms with van der Waals surface area (Å²) in [6.45, 7) is 0. The highest BCUT2D eigenvalue weighted by molar-refractivity contribution is 6.01. The van der Waals surface area contributed by atoms with Gasteiger partial charge in [-0.05, 0) is 6.07 Å². The molecule has 0 saturated carbocycles. The molecule has 13 heavy (non-hydrogen) atoms. The third-order valence-corrected chi connectivity index (χ3v) is 1.48. The van der Waals surface area contributed by atoms with E-state index >= 15 is 0 Å². The van der Waals surface area contributed by atoms with Gasteiger partial charge in [0, 0.05) is 6.20 Å². The number of hydrogen-bond donors (Lipinski definition) is 1. The third-order valence-electron chi connectivity index (χ3n) is 1.48. The zero-order valence-corrected chi connectivity index (χ0v) is 6.43. The largest absolute Gasteiger partial charge is 0.478 e. The van der Waals surface area contributed by atoms with Gasteiger partial charge in [-0.3, -0.25) is 14.6 Å². The number of nitrogens with zero attached hydrogens (tertiary/aromatic N) is 1. The van der Waals surface area contributed by atoms with Crippen molar-refractivity contribution in [1.82, 2.24) is 4.98 Å². The zero-order valence-electron chi connectivity index (χ0n) is 6.43. The molecule has 0 aliphatic carbocycles. The lowest BCUT2D eigenvalue weighted by atomic mass is 10.1. The van der Waals surface area contributed by atoms with Crippen molar-refractivity contribution < 1.29 is 19.5 Å². The van der Waals surface area contributed by atoms with Crippen molar-refractivity contribution in [2.75, 3.05) is 0 Å². The van der Waals surface area contributed by atoms with Gasteiger partial charge in [-0.2, -0.15) is 0 Å². The van der Waals surface area contributed by atoms with Crippen molar-refractivity contribution >= 4 is 18.5 Å². The molecular weight excluding hydrogens is 174 g/mol. The Morgan fingerprint density at radius 2 is 2.08 bits per heavy atom. The Kier molecular flexibility index (Phi) is 2.49. The second-order valence-corrected chi connectivity index (χ2v) is 2.20. The van der Waals surface area contributed by atoms with Crippen LogP contribution in [0.15, 0.2) is 12.3 Å². The fourth-order valence-corrected chi connectivity index (χ4v) is 0.894. The first kappa shape index (κ1) is 9.05. The fraction of sp³-hybridized carbons (Fsp3) is 0. The number of carboxylic acids is 1. The minimum atomic E-state index is -1.26. The van der Waals surface area contributed by atoms with Crippen LogP contribution in [0.5, 0.6) is 0 Å². The summed E-state index contributed by atoms with van der Waals surface area (Å²) in [6, 6.07) is 1.17. The topological polar surface area (TPSA) is 84.3 Å². The van der Waals surface area contributed by atoms with Crippen LogP contribution in [0.2, 0.25) is 0 Å². The summed E-state index contributed by atoms with van der Waals surface area (Å²) < 4.78 is 0. The summed E-state index contributed by atoms with van der Waals surface area (Å²) in [5.41, 5.74) is -0.563. The molecule has 0 aliphatic heterocycles. The lowest BCUT2D eigenvalue weighted by molar-refractivity contribution is 0.0694. The van der Waals surface area contributed by atoms with E-state index in [4.69, 9.17) is 5.11 Å². The van der Waals surface area contributed by atoms with Crippen LogP contribution in [0.4, 0.5) is 0 Å². The fourth-order valence-electron chi connectivity index (χ4n) is 0.894. The SMILES string of the molecule is O=Cc1nccc(C(=O)O)c1C=O. The predicted molar refractivity (Wildman–Crippen MR) is 42.0 cm³/mol. The van der Waals surface area contributed by atoms with Crippen LogP contribution in [-0.4, -0.2) is 28.6 Å². The van der Waals surface area contributed by atoms with E-state index in [2.05, 4.69) is 4.98 Å². The molecule has 0 bridgehead atoms. The lowest BCUT2D eigenvalue weighted by Gasteiger charge is -1.99. The highest BCUT2D eigenvalue weighted by Crippen LogP contribution is 2.08. The zero-order chi connectivity index (χ0) is 9.84. The minimum absolute atomic E-state index is 0.157. The minimum Gasteiger partial charge on any atom is -0.478 e. The Labute approximate surface area is 73.0 Å². The molecular formula is C8H5NO4. The van der Waals surface area contributed by atoms with Crippen molar-refractivity contribution in [2.45, 2.75) is 0 Å². The van der Waals surface area contributed by atoms with E-state index in [1.165, 1.54) is 12.3 Å². The first-order chi connectivity index (χ1) is 6.20. The molecule has 0 aromatic carbocycles. The first-order valence-corrected chi connectivity index (χ1v) is 3.33. The van der Waals surface area contributed by atoms with Gasteiger partial charge in [-0.15, -0.1) is 0 Å². The lowest BCUT2D eigenvalue weighted by Crippen LogP contribution is -2.06. The average molecular weight is 179 g/mol. The van der Waals surface area contributed by atoms with Crippen LogP contribution in [0.25, 0.3) is 0 Å². The molecule has 1 N–H and O–H groups in total. The maximum absolute atomic E-state index is 10.5. The average Bonchev–Trinajstić information content (AvgIpc) is 2.16. The summed E-state index contributed by atoms with van der Waals surface area (Å²) in [6.07, 6.45) is 1.82. The Balaban J connectivity index is 3.43. The standard InChI is InChI=1S/C8H5NO4/c10-3-6-5(8(12)13)1-2-9-7(6)4-11/h1-4H,(H,12,13). The van der Waals surface area contributed by atoms with Crippen LogP contribution >= 0.6 is 0 Å². The number of aldehydes is 2. The molecule has 66 valence electrons. The molecule has 0 fully saturated rings. The number of carboxylic acid groups (broad SMARTS) is 1. The maximum atomic E-state index is 10.5. The van der Waals surface area contributed by atoms with E-state index in [1.54, 1.807) is 0 Å². The van der Waals surface area contributed by atoms with Gasteiger partial charge >= 0.3 is 5.97 Å². The molecule has 1 aromatic rings. The molecule has 0 unspecified atom stereocenters. The number of carbonyl (C=O) groups excluding carboxylic acids is 2. The van der Waals surface area contributed by atoms with E-state index in [0.717, 1.165) is 0 Å². The predicted octanol–water partition coefficient (Wildman–Crippen LogP) is 0.405. The van der Waals surface area contributed by atoms with Gasteiger partial charge in [0.05, 0.1) is 11.1 Å². The molecule has 5 nitrogen and oxygen atoms in total. The third kappa shape index (κ3) is 1.58. The summed E-state index contributed by atoms with van der Waals surface area (Å²) >= 11 is 0. The normalized spacial score (nSPS) is 9.23. The van der Waals surface area contributed by atoms with Crippen molar-refractivity contribution in [1.29, 1.82) is 0 Å². The smallest absolute Gasteiger partial charge is 0.336 e. The molecule has 5 heteroatoms. The summed E-state index contributed by atoms with van der Waals surface area (Å²) in [7, 11) is 0. The molecule has 0 amide bonds. The second kappa shape index (κ2) is 3.57. The Morgan fingerprint density at radius 3 is 2.54 bits per heavy atom. The summed E-state index contributed by atoms with van der Waals surface area (Å²) in [5, 5.41) is 8.61. The highest BCUT2D eigenvalue weighted by Gasteiger charge is 2.13. The van der Waals surface area contributed by atoms with E-state index in [1.807, 2.05) is 0 Å². The Bertz CT molecular complexity index is 372. The van der Waals surface area contributed by atoms with Crippen LogP contribution in [0.1, 0.15) is 31.2 Å².